The lowest BCUT2D eigenvalue weighted by molar-refractivity contribution is -0.385. The summed E-state index contributed by atoms with van der Waals surface area (Å²) in [6.45, 7) is 0. The quantitative estimate of drug-likeness (QED) is 0.577. The molecule has 0 saturated carbocycles. The van der Waals surface area contributed by atoms with Gasteiger partial charge in [-0.05, 0) is 0 Å². The van der Waals surface area contributed by atoms with E-state index in [1.54, 1.807) is 0 Å². The number of hydrogen-bond donors (Lipinski definition) is 1. The summed E-state index contributed by atoms with van der Waals surface area (Å²) < 4.78 is 4.65. The number of aromatic nitrogens is 1. The molecular formula is C6H6ClN3O3. The number of rotatable bonds is 2. The smallest absolute Gasteiger partial charge is 0.355 e. The maximum atomic E-state index is 10.5. The van der Waals surface area contributed by atoms with E-state index < -0.39 is 10.6 Å². The molecule has 7 heteroatoms. The van der Waals surface area contributed by atoms with Crippen molar-refractivity contribution in [2.24, 2.45) is 0 Å². The largest absolute Gasteiger partial charge is 0.476 e. The van der Waals surface area contributed by atoms with Gasteiger partial charge in [0.1, 0.15) is 5.69 Å². The molecule has 6 nitrogen and oxygen atoms in total. The molecule has 70 valence electrons. The number of nitrogens with two attached hydrogens (primary N) is 1. The van der Waals surface area contributed by atoms with E-state index in [1.807, 2.05) is 0 Å². The molecule has 1 aromatic heterocycles. The molecule has 13 heavy (non-hydrogen) atoms. The Bertz CT molecular complexity index is 355. The predicted molar refractivity (Wildman–Crippen MR) is 46.9 cm³/mol. The van der Waals surface area contributed by atoms with Gasteiger partial charge in [-0.3, -0.25) is 10.1 Å². The highest BCUT2D eigenvalue weighted by Crippen LogP contribution is 2.35. The molecule has 1 heterocycles. The Hall–Kier alpha value is -1.56. The second kappa shape index (κ2) is 3.44. The number of hydrogen-bond acceptors (Lipinski definition) is 5. The second-order valence-corrected chi connectivity index (χ2v) is 2.54. The van der Waals surface area contributed by atoms with E-state index in [1.165, 1.54) is 13.3 Å². The molecule has 0 radical (unpaired) electrons. The lowest BCUT2D eigenvalue weighted by Gasteiger charge is -2.03. The van der Waals surface area contributed by atoms with Crippen LogP contribution in [0.2, 0.25) is 5.02 Å². The minimum Gasteiger partial charge on any atom is -0.476 e. The van der Waals surface area contributed by atoms with E-state index >= 15 is 0 Å². The summed E-state index contributed by atoms with van der Waals surface area (Å²) >= 11 is 5.54. The Labute approximate surface area is 78.4 Å². The van der Waals surface area contributed by atoms with Crippen molar-refractivity contribution in [3.05, 3.63) is 21.3 Å². The first-order valence-electron chi connectivity index (χ1n) is 3.20. The van der Waals surface area contributed by atoms with Gasteiger partial charge in [0, 0.05) is 0 Å². The van der Waals surface area contributed by atoms with Gasteiger partial charge in [0.15, 0.2) is 0 Å². The molecule has 0 amide bonds. The summed E-state index contributed by atoms with van der Waals surface area (Å²) in [5, 5.41) is 10.5. The standard InChI is InChI=1S/C6H6ClN3O3/c1-13-6-5(10(11)12)4(8)3(7)2-9-6/h2H,1H3,(H2,8,9). The fraction of sp³-hybridized carbons (Fsp3) is 0.167. The van der Waals surface area contributed by atoms with Crippen LogP contribution < -0.4 is 10.5 Å². The Morgan fingerprint density at radius 3 is 2.85 bits per heavy atom. The van der Waals surface area contributed by atoms with Crippen molar-refractivity contribution < 1.29 is 9.66 Å². The third kappa shape index (κ3) is 1.62. The highest BCUT2D eigenvalue weighted by atomic mass is 35.5. The molecule has 0 unspecified atom stereocenters. The summed E-state index contributed by atoms with van der Waals surface area (Å²) in [6.07, 6.45) is 1.20. The van der Waals surface area contributed by atoms with Crippen molar-refractivity contribution >= 4 is 23.0 Å². The molecule has 0 atom stereocenters. The maximum absolute atomic E-state index is 10.5. The molecule has 0 saturated heterocycles. The zero-order valence-electron chi connectivity index (χ0n) is 6.65. The Morgan fingerprint density at radius 1 is 1.77 bits per heavy atom. The van der Waals surface area contributed by atoms with Crippen LogP contribution in [0.25, 0.3) is 0 Å². The van der Waals surface area contributed by atoms with Gasteiger partial charge in [0.2, 0.25) is 0 Å². The van der Waals surface area contributed by atoms with Gasteiger partial charge >= 0.3 is 5.69 Å². The lowest BCUT2D eigenvalue weighted by atomic mass is 10.3. The molecule has 0 aliphatic rings. The number of nitrogen functional groups attached to an aromatic ring is 1. The van der Waals surface area contributed by atoms with Crippen LogP contribution in [0.4, 0.5) is 11.4 Å². The highest BCUT2D eigenvalue weighted by Gasteiger charge is 2.22. The van der Waals surface area contributed by atoms with E-state index in [-0.39, 0.29) is 16.6 Å². The topological polar surface area (TPSA) is 91.3 Å². The van der Waals surface area contributed by atoms with Crippen LogP contribution >= 0.6 is 11.6 Å². The number of halogens is 1. The van der Waals surface area contributed by atoms with Gasteiger partial charge in [0.05, 0.1) is 23.3 Å². The molecule has 1 aromatic rings. The summed E-state index contributed by atoms with van der Waals surface area (Å²) in [5.74, 6) is -0.146. The van der Waals surface area contributed by atoms with Crippen LogP contribution in [0.1, 0.15) is 0 Å². The number of methoxy groups -OCH3 is 1. The number of anilines is 1. The average Bonchev–Trinajstić information content (AvgIpc) is 2.08. The van der Waals surface area contributed by atoms with Gasteiger partial charge in [-0.1, -0.05) is 11.6 Å². The molecule has 2 N–H and O–H groups in total. The fourth-order valence-corrected chi connectivity index (χ4v) is 0.938. The third-order valence-electron chi connectivity index (χ3n) is 1.39. The van der Waals surface area contributed by atoms with E-state index in [0.717, 1.165) is 0 Å². The first-order chi connectivity index (χ1) is 6.07. The second-order valence-electron chi connectivity index (χ2n) is 2.13. The molecule has 0 fully saturated rings. The lowest BCUT2D eigenvalue weighted by Crippen LogP contribution is -2.01. The van der Waals surface area contributed by atoms with Gasteiger partial charge in [-0.25, -0.2) is 4.98 Å². The van der Waals surface area contributed by atoms with E-state index in [2.05, 4.69) is 9.72 Å². The van der Waals surface area contributed by atoms with Crippen LogP contribution in [0.5, 0.6) is 5.88 Å². The summed E-state index contributed by atoms with van der Waals surface area (Å²) in [5.41, 5.74) is 4.82. The van der Waals surface area contributed by atoms with Crippen LogP contribution in [0.15, 0.2) is 6.20 Å². The van der Waals surface area contributed by atoms with E-state index in [0.29, 0.717) is 0 Å². The minimum atomic E-state index is -0.687. The van der Waals surface area contributed by atoms with Crippen molar-refractivity contribution in [1.82, 2.24) is 4.98 Å². The molecule has 0 bridgehead atoms. The number of nitrogens with zero attached hydrogens (tertiary/aromatic N) is 2. The van der Waals surface area contributed by atoms with Crippen molar-refractivity contribution in [2.45, 2.75) is 0 Å². The minimum absolute atomic E-state index is 0.0347. The van der Waals surface area contributed by atoms with Crippen LogP contribution in [0, 0.1) is 10.1 Å². The van der Waals surface area contributed by atoms with Crippen molar-refractivity contribution in [2.75, 3.05) is 12.8 Å². The van der Waals surface area contributed by atoms with Gasteiger partial charge < -0.3 is 10.5 Å². The zero-order valence-corrected chi connectivity index (χ0v) is 7.41. The Kier molecular flexibility index (Phi) is 2.52. The normalized spacial score (nSPS) is 9.69. The first kappa shape index (κ1) is 9.53. The van der Waals surface area contributed by atoms with E-state index in [9.17, 15) is 10.1 Å². The van der Waals surface area contributed by atoms with Gasteiger partial charge in [-0.2, -0.15) is 0 Å². The van der Waals surface area contributed by atoms with Crippen LogP contribution in [0.3, 0.4) is 0 Å². The van der Waals surface area contributed by atoms with Gasteiger partial charge in [0.25, 0.3) is 5.88 Å². The van der Waals surface area contributed by atoms with Crippen LogP contribution in [-0.4, -0.2) is 17.0 Å². The summed E-state index contributed by atoms with van der Waals surface area (Å²) in [7, 11) is 1.27. The van der Waals surface area contributed by atoms with Gasteiger partial charge in [-0.15, -0.1) is 0 Å². The predicted octanol–water partition coefficient (Wildman–Crippen LogP) is 1.23. The summed E-state index contributed by atoms with van der Waals surface area (Å²) in [4.78, 5) is 13.4. The number of nitro groups is 1. The third-order valence-corrected chi connectivity index (χ3v) is 1.69. The number of pyridine rings is 1. The first-order valence-corrected chi connectivity index (χ1v) is 3.58. The highest BCUT2D eigenvalue weighted by molar-refractivity contribution is 6.33. The average molecular weight is 204 g/mol. The monoisotopic (exact) mass is 203 g/mol. The molecule has 1 rings (SSSR count). The SMILES string of the molecule is COc1ncc(Cl)c(N)c1[N+](=O)[O-]. The van der Waals surface area contributed by atoms with Crippen molar-refractivity contribution in [3.63, 3.8) is 0 Å². The molecule has 0 spiro atoms. The maximum Gasteiger partial charge on any atom is 0.355 e. The van der Waals surface area contributed by atoms with Crippen molar-refractivity contribution in [3.8, 4) is 5.88 Å². The van der Waals surface area contributed by atoms with Crippen LogP contribution in [-0.2, 0) is 0 Å². The zero-order chi connectivity index (χ0) is 10.0. The molecule has 0 aromatic carbocycles. The fourth-order valence-electron chi connectivity index (χ4n) is 0.800. The molecular weight excluding hydrogens is 198 g/mol. The Balaban J connectivity index is 3.41. The number of ether oxygens (including phenoxy) is 1. The Morgan fingerprint density at radius 2 is 2.38 bits per heavy atom. The summed E-state index contributed by atoms with van der Waals surface area (Å²) in [6, 6.07) is 0. The van der Waals surface area contributed by atoms with E-state index in [4.69, 9.17) is 17.3 Å². The molecule has 0 aliphatic carbocycles. The van der Waals surface area contributed by atoms with Crippen molar-refractivity contribution in [1.29, 1.82) is 0 Å². The molecule has 0 aliphatic heterocycles.